The Hall–Kier alpha value is -2.35. The quantitative estimate of drug-likeness (QED) is 0.833. The lowest BCUT2D eigenvalue weighted by Crippen LogP contribution is -2.30. The molecule has 1 fully saturated rings. The zero-order valence-electron chi connectivity index (χ0n) is 15.1. The molecule has 2 heterocycles. The molecule has 1 aromatic heterocycles. The van der Waals surface area contributed by atoms with Gasteiger partial charge in [-0.15, -0.1) is 0 Å². The number of aromatic nitrogens is 2. The molecule has 26 heavy (non-hydrogen) atoms. The molecule has 0 aliphatic carbocycles. The van der Waals surface area contributed by atoms with Gasteiger partial charge in [-0.3, -0.25) is 9.10 Å². The van der Waals surface area contributed by atoms with Gasteiger partial charge < -0.3 is 9.88 Å². The highest BCUT2D eigenvalue weighted by Crippen LogP contribution is 2.24. The second kappa shape index (κ2) is 7.49. The lowest BCUT2D eigenvalue weighted by Gasteiger charge is -2.18. The number of hydrogen-bond acceptors (Lipinski definition) is 4. The van der Waals surface area contributed by atoms with E-state index in [1.54, 1.807) is 30.5 Å². The average Bonchev–Trinajstić information content (AvgIpc) is 3.17. The van der Waals surface area contributed by atoms with E-state index in [-0.39, 0.29) is 17.6 Å². The van der Waals surface area contributed by atoms with Crippen LogP contribution in [-0.4, -0.2) is 42.7 Å². The predicted molar refractivity (Wildman–Crippen MR) is 101 cm³/mol. The van der Waals surface area contributed by atoms with Crippen molar-refractivity contribution in [2.24, 2.45) is 5.92 Å². The van der Waals surface area contributed by atoms with Gasteiger partial charge in [0.15, 0.2) is 0 Å². The summed E-state index contributed by atoms with van der Waals surface area (Å²) in [5.41, 5.74) is 1.02. The highest BCUT2D eigenvalue weighted by atomic mass is 32.2. The van der Waals surface area contributed by atoms with Crippen LogP contribution in [0.15, 0.2) is 36.7 Å². The van der Waals surface area contributed by atoms with Gasteiger partial charge in [0.05, 0.1) is 11.4 Å². The fourth-order valence-electron chi connectivity index (χ4n) is 3.10. The van der Waals surface area contributed by atoms with Crippen molar-refractivity contribution in [1.82, 2.24) is 14.9 Å². The molecule has 3 rings (SSSR count). The largest absolute Gasteiger partial charge is 0.352 e. The number of carbonyl (C=O) groups excluding carboxylic acids is 1. The number of hydrogen-bond donors (Lipinski definition) is 1. The van der Waals surface area contributed by atoms with Crippen molar-refractivity contribution in [2.75, 3.05) is 23.1 Å². The molecule has 0 radical (unpaired) electrons. The van der Waals surface area contributed by atoms with Crippen molar-refractivity contribution in [3.05, 3.63) is 48.0 Å². The number of aryl methyl sites for hydroxylation is 1. The third kappa shape index (κ3) is 4.07. The zero-order valence-corrected chi connectivity index (χ0v) is 15.9. The lowest BCUT2D eigenvalue weighted by molar-refractivity contribution is 0.0947. The number of benzene rings is 1. The number of nitrogens with zero attached hydrogens (tertiary/aromatic N) is 3. The standard InChI is InChI=1S/C18H24N4O3S/c1-14(13-21-9-7-19-15(21)2)12-20-18(23)16-5-3-6-17(11-16)22-8-4-10-26(22,24)25/h3,5-7,9,11,14H,4,8,10,12-13H2,1-2H3,(H,20,23)/t14-/m1/s1. The Labute approximate surface area is 154 Å². The zero-order chi connectivity index (χ0) is 18.7. The molecule has 140 valence electrons. The van der Waals surface area contributed by atoms with E-state index in [1.165, 1.54) is 4.31 Å². The van der Waals surface area contributed by atoms with Crippen molar-refractivity contribution in [3.8, 4) is 0 Å². The van der Waals surface area contributed by atoms with Gasteiger partial charge in [-0.25, -0.2) is 13.4 Å². The minimum Gasteiger partial charge on any atom is -0.352 e. The third-order valence-corrected chi connectivity index (χ3v) is 6.41. The molecule has 0 bridgehead atoms. The number of carbonyl (C=O) groups is 1. The van der Waals surface area contributed by atoms with E-state index in [0.29, 0.717) is 30.8 Å². The highest BCUT2D eigenvalue weighted by molar-refractivity contribution is 7.93. The second-order valence-corrected chi connectivity index (χ2v) is 8.75. The predicted octanol–water partition coefficient (Wildman–Crippen LogP) is 1.80. The molecule has 0 spiro atoms. The molecule has 0 unspecified atom stereocenters. The van der Waals surface area contributed by atoms with Crippen LogP contribution < -0.4 is 9.62 Å². The van der Waals surface area contributed by atoms with E-state index in [1.807, 2.05) is 13.1 Å². The van der Waals surface area contributed by atoms with Crippen LogP contribution in [-0.2, 0) is 16.6 Å². The SMILES string of the molecule is Cc1nccn1C[C@H](C)CNC(=O)c1cccc(N2CCCS2(=O)=O)c1. The fraction of sp³-hybridized carbons (Fsp3) is 0.444. The van der Waals surface area contributed by atoms with Gasteiger partial charge >= 0.3 is 0 Å². The number of imidazole rings is 1. The first kappa shape index (κ1) is 18.4. The maximum Gasteiger partial charge on any atom is 0.251 e. The summed E-state index contributed by atoms with van der Waals surface area (Å²) in [5.74, 6) is 1.16. The highest BCUT2D eigenvalue weighted by Gasteiger charge is 2.28. The summed E-state index contributed by atoms with van der Waals surface area (Å²) >= 11 is 0. The van der Waals surface area contributed by atoms with E-state index >= 15 is 0 Å². The summed E-state index contributed by atoms with van der Waals surface area (Å²) < 4.78 is 27.5. The van der Waals surface area contributed by atoms with Crippen molar-refractivity contribution < 1.29 is 13.2 Å². The summed E-state index contributed by atoms with van der Waals surface area (Å²) in [7, 11) is -3.25. The van der Waals surface area contributed by atoms with E-state index in [0.717, 1.165) is 12.4 Å². The minimum atomic E-state index is -3.25. The minimum absolute atomic E-state index is 0.161. The van der Waals surface area contributed by atoms with Crippen molar-refractivity contribution >= 4 is 21.6 Å². The molecule has 1 aromatic carbocycles. The van der Waals surface area contributed by atoms with Gasteiger partial charge in [0.25, 0.3) is 5.91 Å². The topological polar surface area (TPSA) is 84.3 Å². The van der Waals surface area contributed by atoms with Gasteiger partial charge in [-0.1, -0.05) is 13.0 Å². The number of nitrogens with one attached hydrogen (secondary N) is 1. The Morgan fingerprint density at radius 1 is 1.38 bits per heavy atom. The van der Waals surface area contributed by atoms with Crippen LogP contribution in [0.2, 0.25) is 0 Å². The van der Waals surface area contributed by atoms with Crippen LogP contribution in [0.1, 0.15) is 29.5 Å². The average molecular weight is 376 g/mol. The van der Waals surface area contributed by atoms with Crippen molar-refractivity contribution in [1.29, 1.82) is 0 Å². The van der Waals surface area contributed by atoms with Crippen LogP contribution in [0.25, 0.3) is 0 Å². The smallest absolute Gasteiger partial charge is 0.251 e. The fourth-order valence-corrected chi connectivity index (χ4v) is 4.65. The summed E-state index contributed by atoms with van der Waals surface area (Å²) in [4.78, 5) is 16.6. The number of rotatable bonds is 6. The molecule has 1 aliphatic rings. The Kier molecular flexibility index (Phi) is 5.31. The number of sulfonamides is 1. The maximum atomic E-state index is 12.4. The maximum absolute atomic E-state index is 12.4. The van der Waals surface area contributed by atoms with Gasteiger partial charge in [0.2, 0.25) is 10.0 Å². The van der Waals surface area contributed by atoms with E-state index in [2.05, 4.69) is 21.8 Å². The Morgan fingerprint density at radius 2 is 2.19 bits per heavy atom. The van der Waals surface area contributed by atoms with E-state index in [9.17, 15) is 13.2 Å². The summed E-state index contributed by atoms with van der Waals surface area (Å²) in [6, 6.07) is 6.79. The molecule has 1 amide bonds. The van der Waals surface area contributed by atoms with Crippen LogP contribution in [0, 0.1) is 12.8 Å². The van der Waals surface area contributed by atoms with Gasteiger partial charge in [-0.05, 0) is 37.5 Å². The van der Waals surface area contributed by atoms with Crippen LogP contribution in [0.3, 0.4) is 0 Å². The summed E-state index contributed by atoms with van der Waals surface area (Å²) in [5, 5.41) is 2.93. The van der Waals surface area contributed by atoms with Gasteiger partial charge in [0, 0.05) is 37.6 Å². The molecule has 7 nitrogen and oxygen atoms in total. The molecular formula is C18H24N4O3S. The van der Waals surface area contributed by atoms with E-state index in [4.69, 9.17) is 0 Å². The molecule has 2 aromatic rings. The molecule has 1 saturated heterocycles. The molecule has 1 atom stereocenters. The normalized spacial score (nSPS) is 17.2. The van der Waals surface area contributed by atoms with Crippen molar-refractivity contribution in [2.45, 2.75) is 26.8 Å². The van der Waals surface area contributed by atoms with Gasteiger partial charge in [0.1, 0.15) is 5.82 Å². The second-order valence-electron chi connectivity index (χ2n) is 6.73. The van der Waals surface area contributed by atoms with Crippen LogP contribution >= 0.6 is 0 Å². The van der Waals surface area contributed by atoms with Gasteiger partial charge in [-0.2, -0.15) is 0 Å². The first-order chi connectivity index (χ1) is 12.4. The first-order valence-electron chi connectivity index (χ1n) is 8.73. The van der Waals surface area contributed by atoms with Crippen LogP contribution in [0.4, 0.5) is 5.69 Å². The number of anilines is 1. The Bertz CT molecular complexity index is 891. The van der Waals surface area contributed by atoms with Crippen molar-refractivity contribution in [3.63, 3.8) is 0 Å². The molecule has 1 aliphatic heterocycles. The lowest BCUT2D eigenvalue weighted by atomic mass is 10.1. The molecule has 8 heteroatoms. The van der Waals surface area contributed by atoms with E-state index < -0.39 is 10.0 Å². The monoisotopic (exact) mass is 376 g/mol. The Balaban J connectivity index is 1.61. The first-order valence-corrected chi connectivity index (χ1v) is 10.3. The summed E-state index contributed by atoms with van der Waals surface area (Å²) in [6.07, 6.45) is 4.30. The van der Waals surface area contributed by atoms with Crippen LogP contribution in [0.5, 0.6) is 0 Å². The summed E-state index contributed by atoms with van der Waals surface area (Å²) in [6.45, 7) is 5.78. The molecular weight excluding hydrogens is 352 g/mol. The molecule has 1 N–H and O–H groups in total. The Morgan fingerprint density at radius 3 is 2.85 bits per heavy atom. The third-order valence-electron chi connectivity index (χ3n) is 4.54. The molecule has 0 saturated carbocycles. The number of amides is 1.